The normalized spacial score (nSPS) is 34.4. The number of rotatable bonds is 28. The minimum absolute atomic E-state index is 0.179. The van der Waals surface area contributed by atoms with E-state index in [4.69, 9.17) is 31.4 Å². The highest BCUT2D eigenvalue weighted by atomic mass is 28.3. The Labute approximate surface area is 335 Å². The third-order valence-electron chi connectivity index (χ3n) is 15.5. The van der Waals surface area contributed by atoms with Crippen LogP contribution in [0.4, 0.5) is 0 Å². The molecule has 4 aliphatic rings. The van der Waals surface area contributed by atoms with Crippen LogP contribution in [0.1, 0.15) is 149 Å². The van der Waals surface area contributed by atoms with Crippen molar-refractivity contribution >= 4 is 8.07 Å². The van der Waals surface area contributed by atoms with Gasteiger partial charge < -0.3 is 36.7 Å². The molecule has 7 N–H and O–H groups in total. The lowest BCUT2D eigenvalue weighted by molar-refractivity contribution is -0.227. The molecule has 0 aromatic rings. The van der Waals surface area contributed by atoms with Crippen molar-refractivity contribution in [2.24, 2.45) is 63.5 Å². The van der Waals surface area contributed by atoms with Crippen molar-refractivity contribution in [3.05, 3.63) is 0 Å². The maximum Gasteiger partial charge on any atom is 0.0637 e. The minimum atomic E-state index is -0.844. The van der Waals surface area contributed by atoms with E-state index in [1.165, 1.54) is 115 Å². The lowest BCUT2D eigenvalue weighted by Crippen LogP contribution is -2.63. The Balaban J connectivity index is 1.32. The van der Waals surface area contributed by atoms with Gasteiger partial charge in [0, 0.05) is 33.3 Å². The van der Waals surface area contributed by atoms with Crippen LogP contribution in [0, 0.1) is 46.3 Å². The Bertz CT molecular complexity index is 1010. The van der Waals surface area contributed by atoms with Crippen LogP contribution in [-0.2, 0) is 14.2 Å². The van der Waals surface area contributed by atoms with E-state index in [0.29, 0.717) is 78.9 Å². The van der Waals surface area contributed by atoms with E-state index >= 15 is 0 Å². The predicted octanol–water partition coefficient (Wildman–Crippen LogP) is 9.53. The summed E-state index contributed by atoms with van der Waals surface area (Å²) in [6.07, 6.45) is 26.3. The maximum absolute atomic E-state index is 7.06. The van der Waals surface area contributed by atoms with Gasteiger partial charge in [-0.25, -0.2) is 0 Å². The lowest BCUT2D eigenvalue weighted by Gasteiger charge is -2.65. The highest BCUT2D eigenvalue weighted by Crippen LogP contribution is 2.69. The van der Waals surface area contributed by atoms with Crippen LogP contribution in [0.15, 0.2) is 0 Å². The third kappa shape index (κ3) is 13.0. The SMILES string of the molecule is C[C@H](CCCNCCCCCCCCCC[Si](C)(C)C)[C@H]1CC[C@H]2C3[C@H](OCCCN)CC4C[C@H](OCCCN)CC[C@]4(C)[C@H]3C[C@H](OCCCN)[C@]12C. The van der Waals surface area contributed by atoms with E-state index in [-0.39, 0.29) is 5.41 Å². The molecule has 4 fully saturated rings. The molecular weight excluding hydrogens is 685 g/mol. The minimum Gasteiger partial charge on any atom is -0.378 e. The van der Waals surface area contributed by atoms with Crippen LogP contribution in [-0.4, -0.2) is 78.9 Å². The van der Waals surface area contributed by atoms with Gasteiger partial charge in [-0.1, -0.05) is 91.4 Å². The zero-order valence-electron chi connectivity index (χ0n) is 36.7. The van der Waals surface area contributed by atoms with Crippen molar-refractivity contribution in [1.29, 1.82) is 0 Å². The molecule has 7 nitrogen and oxygen atoms in total. The summed E-state index contributed by atoms with van der Waals surface area (Å²) >= 11 is 0. The fraction of sp³-hybridized carbons (Fsp3) is 1.00. The number of hydrogen-bond acceptors (Lipinski definition) is 7. The van der Waals surface area contributed by atoms with E-state index in [2.05, 4.69) is 45.7 Å². The summed E-state index contributed by atoms with van der Waals surface area (Å²) in [5.41, 5.74) is 18.3. The van der Waals surface area contributed by atoms with E-state index in [1.807, 2.05) is 0 Å². The van der Waals surface area contributed by atoms with Gasteiger partial charge in [0.25, 0.3) is 0 Å². The van der Waals surface area contributed by atoms with Crippen molar-refractivity contribution in [2.45, 2.75) is 193 Å². The number of nitrogens with one attached hydrogen (secondary N) is 1. The Morgan fingerprint density at radius 2 is 1.28 bits per heavy atom. The highest BCUT2D eigenvalue weighted by Gasteiger charge is 2.66. The molecule has 54 heavy (non-hydrogen) atoms. The molecule has 0 aliphatic heterocycles. The van der Waals surface area contributed by atoms with Crippen molar-refractivity contribution in [2.75, 3.05) is 52.5 Å². The summed E-state index contributed by atoms with van der Waals surface area (Å²) in [6, 6.07) is 1.50. The van der Waals surface area contributed by atoms with E-state index in [9.17, 15) is 0 Å². The second kappa shape index (κ2) is 23.5. The maximum atomic E-state index is 7.06. The Morgan fingerprint density at radius 1 is 0.667 bits per heavy atom. The lowest BCUT2D eigenvalue weighted by atomic mass is 9.43. The van der Waals surface area contributed by atoms with Crippen molar-refractivity contribution in [3.8, 4) is 0 Å². The zero-order chi connectivity index (χ0) is 39.0. The van der Waals surface area contributed by atoms with Gasteiger partial charge in [0.2, 0.25) is 0 Å². The molecule has 0 saturated heterocycles. The molecule has 0 aromatic carbocycles. The first-order valence-corrected chi connectivity index (χ1v) is 27.4. The Kier molecular flexibility index (Phi) is 20.3. The second-order valence-electron chi connectivity index (χ2n) is 20.5. The molecule has 4 aliphatic carbocycles. The largest absolute Gasteiger partial charge is 0.378 e. The number of fused-ring (bicyclic) bond motifs is 5. The first kappa shape index (κ1) is 46.6. The predicted molar refractivity (Wildman–Crippen MR) is 233 cm³/mol. The molecule has 0 bridgehead atoms. The van der Waals surface area contributed by atoms with Crippen LogP contribution in [0.3, 0.4) is 0 Å². The summed E-state index contributed by atoms with van der Waals surface area (Å²) in [4.78, 5) is 0. The summed E-state index contributed by atoms with van der Waals surface area (Å²) in [6.45, 7) is 22.2. The molecular formula is C46H92N4O3Si. The fourth-order valence-electron chi connectivity index (χ4n) is 12.4. The molecule has 0 radical (unpaired) electrons. The molecule has 0 aromatic heterocycles. The quantitative estimate of drug-likeness (QED) is 0.0462. The van der Waals surface area contributed by atoms with Gasteiger partial charge in [-0.15, -0.1) is 0 Å². The Hall–Kier alpha value is -0.0631. The average Bonchev–Trinajstić information content (AvgIpc) is 3.50. The monoisotopic (exact) mass is 777 g/mol. The van der Waals surface area contributed by atoms with Crippen LogP contribution in [0.25, 0.3) is 0 Å². The highest BCUT2D eigenvalue weighted by molar-refractivity contribution is 6.76. The third-order valence-corrected chi connectivity index (χ3v) is 17.4. The summed E-state index contributed by atoms with van der Waals surface area (Å²) < 4.78 is 20.4. The zero-order valence-corrected chi connectivity index (χ0v) is 37.7. The van der Waals surface area contributed by atoms with Crippen molar-refractivity contribution in [1.82, 2.24) is 5.32 Å². The number of unbranched alkanes of at least 4 members (excludes halogenated alkanes) is 7. The molecule has 4 rings (SSSR count). The number of ether oxygens (including phenoxy) is 3. The van der Waals surface area contributed by atoms with Crippen LogP contribution >= 0.6 is 0 Å². The van der Waals surface area contributed by atoms with Crippen LogP contribution < -0.4 is 22.5 Å². The molecule has 0 amide bonds. The van der Waals surface area contributed by atoms with Crippen LogP contribution in [0.5, 0.6) is 0 Å². The molecule has 8 heteroatoms. The molecule has 11 atom stereocenters. The second-order valence-corrected chi connectivity index (χ2v) is 26.1. The van der Waals surface area contributed by atoms with Gasteiger partial charge in [-0.3, -0.25) is 0 Å². The molecule has 2 unspecified atom stereocenters. The number of nitrogens with two attached hydrogens (primary N) is 3. The standard InChI is InChI=1S/C46H92N4O3Si/c1-36(19-15-28-50-27-13-11-9-7-8-10-12-14-32-54(4,5)6)39-20-21-40-44-41(35-43(46(39,40)3)53-31-18-26-49)45(2)23-22-38(51-29-16-24-47)33-37(45)34-42(44)52-30-17-25-48/h36-44,50H,7-35,47-49H2,1-6H3/t36-,37?,38-,39-,40+,41+,42-,43+,44?,45+,46-/m1/s1. The summed E-state index contributed by atoms with van der Waals surface area (Å²) in [5, 5.41) is 3.82. The average molecular weight is 777 g/mol. The van der Waals surface area contributed by atoms with Gasteiger partial charge in [0.05, 0.1) is 18.3 Å². The van der Waals surface area contributed by atoms with E-state index in [0.717, 1.165) is 52.0 Å². The molecule has 4 saturated carbocycles. The molecule has 318 valence electrons. The first-order chi connectivity index (χ1) is 26.0. The van der Waals surface area contributed by atoms with Crippen LogP contribution in [0.2, 0.25) is 25.7 Å². The van der Waals surface area contributed by atoms with Gasteiger partial charge in [-0.05, 0) is 157 Å². The summed E-state index contributed by atoms with van der Waals surface area (Å²) in [7, 11) is -0.844. The molecule has 0 spiro atoms. The van der Waals surface area contributed by atoms with Gasteiger partial charge >= 0.3 is 0 Å². The first-order valence-electron chi connectivity index (χ1n) is 23.6. The van der Waals surface area contributed by atoms with Crippen molar-refractivity contribution in [3.63, 3.8) is 0 Å². The smallest absolute Gasteiger partial charge is 0.0637 e. The molecule has 0 heterocycles. The van der Waals surface area contributed by atoms with Gasteiger partial charge in [-0.2, -0.15) is 0 Å². The van der Waals surface area contributed by atoms with Crippen molar-refractivity contribution < 1.29 is 14.2 Å². The topological polar surface area (TPSA) is 118 Å². The van der Waals surface area contributed by atoms with Gasteiger partial charge in [0.15, 0.2) is 0 Å². The summed E-state index contributed by atoms with van der Waals surface area (Å²) in [5.74, 6) is 3.91. The van der Waals surface area contributed by atoms with E-state index < -0.39 is 8.07 Å². The van der Waals surface area contributed by atoms with E-state index in [1.54, 1.807) is 0 Å². The Morgan fingerprint density at radius 3 is 1.94 bits per heavy atom. The fourth-order valence-corrected chi connectivity index (χ4v) is 13.7. The number of hydrogen-bond donors (Lipinski definition) is 4. The van der Waals surface area contributed by atoms with Gasteiger partial charge in [0.1, 0.15) is 0 Å².